The van der Waals surface area contributed by atoms with Crippen molar-refractivity contribution in [2.45, 2.75) is 6.54 Å². The molecule has 0 saturated carbocycles. The number of alkyl halides is 1. The van der Waals surface area contributed by atoms with Gasteiger partial charge < -0.3 is 35.9 Å². The molecule has 4 heterocycles. The van der Waals surface area contributed by atoms with E-state index in [1.807, 2.05) is 24.3 Å². The summed E-state index contributed by atoms with van der Waals surface area (Å²) in [6.45, 7) is 2.13. The highest BCUT2D eigenvalue weighted by atomic mass is 35.5. The molecule has 0 fully saturated rings. The Hall–Kier alpha value is -4.39. The number of nitrogens with zero attached hydrogens (tertiary/aromatic N) is 5. The quantitative estimate of drug-likeness (QED) is 0.413. The van der Waals surface area contributed by atoms with Crippen molar-refractivity contribution in [2.24, 2.45) is 0 Å². The smallest absolute Gasteiger partial charge is 0.263 e. The third-order valence-corrected chi connectivity index (χ3v) is 5.17. The van der Waals surface area contributed by atoms with E-state index in [1.54, 1.807) is 12.0 Å². The van der Waals surface area contributed by atoms with Gasteiger partial charge in [0.2, 0.25) is 11.8 Å². The minimum Gasteiger partial charge on any atom is -0.497 e. The molecule has 13 nitrogen and oxygen atoms in total. The highest BCUT2D eigenvalue weighted by molar-refractivity contribution is 6.15. The number of hydrogen-bond acceptors (Lipinski definition) is 11. The van der Waals surface area contributed by atoms with E-state index in [-0.39, 0.29) is 46.3 Å². The molecule has 3 aromatic rings. The van der Waals surface area contributed by atoms with E-state index < -0.39 is 0 Å². The fraction of sp³-hybridized carbons (Fsp3) is 0.304. The molecule has 0 bridgehead atoms. The number of carbonyl (C=O) groups is 2. The van der Waals surface area contributed by atoms with E-state index in [9.17, 15) is 9.59 Å². The van der Waals surface area contributed by atoms with Crippen LogP contribution in [0.4, 0.5) is 11.6 Å². The van der Waals surface area contributed by atoms with Gasteiger partial charge in [-0.1, -0.05) is 12.1 Å². The molecule has 14 heteroatoms. The molecule has 2 amide bonds. The van der Waals surface area contributed by atoms with Crippen LogP contribution in [0.1, 0.15) is 26.3 Å². The zero-order chi connectivity index (χ0) is 26.8. The number of nitrogens with one attached hydrogen (secondary N) is 1. The molecular formula is C23H27ClN8O5. The van der Waals surface area contributed by atoms with Crippen molar-refractivity contribution in [2.75, 3.05) is 51.3 Å². The van der Waals surface area contributed by atoms with Crippen molar-refractivity contribution in [1.29, 1.82) is 0 Å². The SMILES string of the molecule is CCl.COc1ccc(CN2CCOc3ncnc(N)c3C2=O)cc1.Nc1ncnc2c1C(=O)NCCO2. The largest absolute Gasteiger partial charge is 0.497 e. The number of nitrogens with two attached hydrogens (primary N) is 2. The summed E-state index contributed by atoms with van der Waals surface area (Å²) in [4.78, 5) is 41.1. The summed E-state index contributed by atoms with van der Waals surface area (Å²) < 4.78 is 15.8. The zero-order valence-corrected chi connectivity index (χ0v) is 21.1. The van der Waals surface area contributed by atoms with Crippen LogP contribution in [0, 0.1) is 0 Å². The minimum absolute atomic E-state index is 0.136. The van der Waals surface area contributed by atoms with Gasteiger partial charge >= 0.3 is 0 Å². The second-order valence-corrected chi connectivity index (χ2v) is 7.41. The van der Waals surface area contributed by atoms with Gasteiger partial charge in [0.05, 0.1) is 20.2 Å². The van der Waals surface area contributed by atoms with Gasteiger partial charge in [-0.15, -0.1) is 11.6 Å². The zero-order valence-electron chi connectivity index (χ0n) is 20.3. The number of amides is 2. The first-order valence-corrected chi connectivity index (χ1v) is 11.8. The molecule has 0 unspecified atom stereocenters. The number of anilines is 2. The van der Waals surface area contributed by atoms with Crippen molar-refractivity contribution in [3.8, 4) is 17.5 Å². The average Bonchev–Trinajstić information content (AvgIpc) is 3.21. The van der Waals surface area contributed by atoms with Crippen LogP contribution in [0.15, 0.2) is 36.9 Å². The second-order valence-electron chi connectivity index (χ2n) is 7.41. The van der Waals surface area contributed by atoms with Crippen LogP contribution >= 0.6 is 11.6 Å². The lowest BCUT2D eigenvalue weighted by Crippen LogP contribution is -2.32. The lowest BCUT2D eigenvalue weighted by atomic mass is 10.2. The summed E-state index contributed by atoms with van der Waals surface area (Å²) >= 11 is 4.64. The summed E-state index contributed by atoms with van der Waals surface area (Å²) in [5, 5.41) is 2.62. The van der Waals surface area contributed by atoms with E-state index in [4.69, 9.17) is 25.7 Å². The predicted molar refractivity (Wildman–Crippen MR) is 136 cm³/mol. The van der Waals surface area contributed by atoms with Crippen LogP contribution in [-0.2, 0) is 6.54 Å². The highest BCUT2D eigenvalue weighted by Crippen LogP contribution is 2.25. The lowest BCUT2D eigenvalue weighted by Gasteiger charge is -2.20. The number of aromatic nitrogens is 4. The van der Waals surface area contributed by atoms with Gasteiger partial charge in [-0.25, -0.2) is 19.9 Å². The Morgan fingerprint density at radius 2 is 1.54 bits per heavy atom. The summed E-state index contributed by atoms with van der Waals surface area (Å²) in [7, 11) is 1.62. The van der Waals surface area contributed by atoms with Crippen molar-refractivity contribution < 1.29 is 23.8 Å². The van der Waals surface area contributed by atoms with Gasteiger partial charge in [-0.3, -0.25) is 9.59 Å². The van der Waals surface area contributed by atoms with Crippen molar-refractivity contribution >= 4 is 35.1 Å². The summed E-state index contributed by atoms with van der Waals surface area (Å²) in [5.41, 5.74) is 12.8. The fourth-order valence-electron chi connectivity index (χ4n) is 3.41. The first-order chi connectivity index (χ1) is 18.0. The number of hydrogen-bond donors (Lipinski definition) is 3. The molecule has 2 aliphatic heterocycles. The fourth-order valence-corrected chi connectivity index (χ4v) is 3.41. The molecule has 37 heavy (non-hydrogen) atoms. The molecule has 0 saturated heterocycles. The number of fused-ring (bicyclic) bond motifs is 2. The number of rotatable bonds is 3. The average molecular weight is 531 g/mol. The van der Waals surface area contributed by atoms with Gasteiger partial charge in [0.25, 0.3) is 11.8 Å². The molecule has 196 valence electrons. The van der Waals surface area contributed by atoms with Gasteiger partial charge in [-0.05, 0) is 17.7 Å². The van der Waals surface area contributed by atoms with Gasteiger partial charge in [0.1, 0.15) is 54.4 Å². The monoisotopic (exact) mass is 530 g/mol. The second kappa shape index (κ2) is 13.1. The van der Waals surface area contributed by atoms with E-state index >= 15 is 0 Å². The van der Waals surface area contributed by atoms with E-state index in [1.165, 1.54) is 19.0 Å². The summed E-state index contributed by atoms with van der Waals surface area (Å²) in [6.07, 6.45) is 4.04. The minimum atomic E-state index is -0.286. The molecule has 2 aliphatic rings. The van der Waals surface area contributed by atoms with Gasteiger partial charge in [-0.2, -0.15) is 0 Å². The molecular weight excluding hydrogens is 504 g/mol. The van der Waals surface area contributed by atoms with Crippen LogP contribution < -0.4 is 31.0 Å². The van der Waals surface area contributed by atoms with Crippen LogP contribution in [0.3, 0.4) is 0 Å². The number of nitrogen functional groups attached to an aromatic ring is 2. The molecule has 0 spiro atoms. The van der Waals surface area contributed by atoms with Crippen molar-refractivity contribution in [3.63, 3.8) is 0 Å². The normalized spacial score (nSPS) is 13.9. The van der Waals surface area contributed by atoms with Gasteiger partial charge in [0, 0.05) is 12.9 Å². The molecule has 5 rings (SSSR count). The van der Waals surface area contributed by atoms with Crippen molar-refractivity contribution in [3.05, 3.63) is 53.6 Å². The molecule has 0 aliphatic carbocycles. The Balaban J connectivity index is 0.000000216. The third kappa shape index (κ3) is 6.64. The Bertz CT molecular complexity index is 1230. The van der Waals surface area contributed by atoms with Crippen LogP contribution in [0.2, 0.25) is 0 Å². The molecule has 0 atom stereocenters. The Labute approximate surface area is 218 Å². The number of benzene rings is 1. The number of methoxy groups -OCH3 is 1. The Morgan fingerprint density at radius 1 is 0.946 bits per heavy atom. The maximum Gasteiger partial charge on any atom is 0.263 e. The maximum atomic E-state index is 12.6. The number of halogens is 1. The van der Waals surface area contributed by atoms with Crippen LogP contribution in [-0.4, -0.2) is 76.4 Å². The summed E-state index contributed by atoms with van der Waals surface area (Å²) in [6, 6.07) is 7.56. The third-order valence-electron chi connectivity index (χ3n) is 5.17. The van der Waals surface area contributed by atoms with E-state index in [0.29, 0.717) is 32.8 Å². The Morgan fingerprint density at radius 3 is 2.19 bits per heavy atom. The van der Waals surface area contributed by atoms with E-state index in [2.05, 4.69) is 36.9 Å². The standard InChI is InChI=1S/C15H16N4O3.C7H8N4O2.CH3Cl/c1-21-11-4-2-10(3-5-11)8-19-6-7-22-14-12(15(19)20)13(16)17-9-18-14;8-5-4-6(12)9-1-2-13-7(4)11-3-10-5;1-2/h2-5,9H,6-8H2,1H3,(H2,16,17,18);3H,1-2H2,(H,9,12)(H2,8,10,11);1H3. The highest BCUT2D eigenvalue weighted by Gasteiger charge is 2.27. The van der Waals surface area contributed by atoms with Crippen LogP contribution in [0.25, 0.3) is 0 Å². The van der Waals surface area contributed by atoms with Gasteiger partial charge in [0.15, 0.2) is 0 Å². The Kier molecular flexibility index (Phi) is 9.61. The topological polar surface area (TPSA) is 181 Å². The first-order valence-electron chi connectivity index (χ1n) is 11.0. The first kappa shape index (κ1) is 27.2. The van der Waals surface area contributed by atoms with Crippen LogP contribution in [0.5, 0.6) is 17.5 Å². The predicted octanol–water partition coefficient (Wildman–Crippen LogP) is 1.14. The van der Waals surface area contributed by atoms with E-state index in [0.717, 1.165) is 11.3 Å². The number of carbonyl (C=O) groups excluding carboxylic acids is 2. The van der Waals surface area contributed by atoms with Crippen molar-refractivity contribution in [1.82, 2.24) is 30.2 Å². The lowest BCUT2D eigenvalue weighted by molar-refractivity contribution is 0.0743. The maximum absolute atomic E-state index is 12.6. The number of ether oxygens (including phenoxy) is 3. The molecule has 0 radical (unpaired) electrons. The molecule has 1 aromatic carbocycles. The molecule has 5 N–H and O–H groups in total. The molecule has 2 aromatic heterocycles. The summed E-state index contributed by atoms with van der Waals surface area (Å²) in [5.74, 6) is 1.04.